The molecule has 3 nitrogen and oxygen atoms in total. The molecule has 0 fully saturated rings. The number of rotatable bonds is 5. The summed E-state index contributed by atoms with van der Waals surface area (Å²) in [6.07, 6.45) is 0. The Morgan fingerprint density at radius 2 is 1.22 bits per heavy atom. The first-order valence-electron chi connectivity index (χ1n) is 10.9. The van der Waals surface area contributed by atoms with Crippen LogP contribution in [0.4, 0.5) is 0 Å². The number of carbonyl (C=O) groups excluding carboxylic acids is 3. The van der Waals surface area contributed by atoms with Crippen molar-refractivity contribution >= 4 is 17.3 Å². The Kier molecular flexibility index (Phi) is 5.52. The molecule has 0 aliphatic heterocycles. The molecule has 0 amide bonds. The fourth-order valence-electron chi connectivity index (χ4n) is 4.43. The maximum atomic E-state index is 13.9. The third-order valence-corrected chi connectivity index (χ3v) is 6.17. The predicted molar refractivity (Wildman–Crippen MR) is 128 cm³/mol. The van der Waals surface area contributed by atoms with E-state index in [0.29, 0.717) is 22.3 Å². The van der Waals surface area contributed by atoms with Gasteiger partial charge in [0.1, 0.15) is 0 Å². The van der Waals surface area contributed by atoms with Gasteiger partial charge in [0.2, 0.25) is 0 Å². The minimum absolute atomic E-state index is 0.0716. The normalized spacial score (nSPS) is 11.3. The molecule has 0 aromatic rings. The van der Waals surface area contributed by atoms with Crippen molar-refractivity contribution in [1.29, 1.82) is 0 Å². The minimum atomic E-state index is -0.175. The molecule has 0 saturated carbocycles. The lowest BCUT2D eigenvalue weighted by Gasteiger charge is -2.07. The zero-order valence-electron chi connectivity index (χ0n) is 19.1. The SMILES string of the molecule is CC(=O)c1cc(C(=O)c2cc(C(C)=O)c3c(C)ccc(C(C)C)cc2-3)c2cccccc1-2. The summed E-state index contributed by atoms with van der Waals surface area (Å²) >= 11 is 0. The highest BCUT2D eigenvalue weighted by Crippen LogP contribution is 2.40. The number of hydrogen-bond donors (Lipinski definition) is 0. The molecule has 160 valence electrons. The van der Waals surface area contributed by atoms with E-state index in [9.17, 15) is 14.4 Å². The molecule has 0 spiro atoms. The Balaban J connectivity index is 2.02. The average Bonchev–Trinajstić information content (AvgIpc) is 3.13. The summed E-state index contributed by atoms with van der Waals surface area (Å²) in [6.45, 7) is 9.23. The fourth-order valence-corrected chi connectivity index (χ4v) is 4.43. The molecule has 0 unspecified atom stereocenters. The zero-order valence-corrected chi connectivity index (χ0v) is 19.1. The van der Waals surface area contributed by atoms with Gasteiger partial charge in [0.15, 0.2) is 17.3 Å². The van der Waals surface area contributed by atoms with Crippen LogP contribution in [0.15, 0.2) is 60.7 Å². The molecule has 32 heavy (non-hydrogen) atoms. The largest absolute Gasteiger partial charge is 0.294 e. The Bertz CT molecular complexity index is 1330. The molecule has 0 aromatic carbocycles. The number of fused-ring (bicyclic) bond motifs is 2. The van der Waals surface area contributed by atoms with E-state index in [4.69, 9.17) is 0 Å². The van der Waals surface area contributed by atoms with Gasteiger partial charge in [0.05, 0.1) is 0 Å². The summed E-state index contributed by atoms with van der Waals surface area (Å²) in [7, 11) is 0. The topological polar surface area (TPSA) is 51.2 Å². The number of aryl methyl sites for hydroxylation is 1. The van der Waals surface area contributed by atoms with E-state index < -0.39 is 0 Å². The smallest absolute Gasteiger partial charge is 0.194 e. The lowest BCUT2D eigenvalue weighted by atomic mass is 9.96. The van der Waals surface area contributed by atoms with Gasteiger partial charge in [0.25, 0.3) is 0 Å². The van der Waals surface area contributed by atoms with Crippen LogP contribution in [0.2, 0.25) is 0 Å². The average molecular weight is 423 g/mol. The molecule has 0 aromatic heterocycles. The first-order valence-corrected chi connectivity index (χ1v) is 10.9. The monoisotopic (exact) mass is 422 g/mol. The second-order valence-electron chi connectivity index (χ2n) is 8.73. The van der Waals surface area contributed by atoms with Crippen molar-refractivity contribution in [2.45, 2.75) is 40.5 Å². The van der Waals surface area contributed by atoms with Crippen LogP contribution < -0.4 is 0 Å². The Labute approximate surface area is 188 Å². The van der Waals surface area contributed by atoms with Gasteiger partial charge >= 0.3 is 0 Å². The molecule has 4 rings (SSSR count). The summed E-state index contributed by atoms with van der Waals surface area (Å²) < 4.78 is 0. The van der Waals surface area contributed by atoms with E-state index in [-0.39, 0.29) is 23.3 Å². The van der Waals surface area contributed by atoms with Crippen molar-refractivity contribution in [3.8, 4) is 22.3 Å². The second kappa shape index (κ2) is 8.16. The van der Waals surface area contributed by atoms with E-state index in [1.165, 1.54) is 13.8 Å². The van der Waals surface area contributed by atoms with Crippen molar-refractivity contribution in [2.75, 3.05) is 0 Å². The predicted octanol–water partition coefficient (Wildman–Crippen LogP) is 6.96. The lowest BCUT2D eigenvalue weighted by molar-refractivity contribution is 0.101. The van der Waals surface area contributed by atoms with Crippen molar-refractivity contribution < 1.29 is 14.4 Å². The Morgan fingerprint density at radius 3 is 1.81 bits per heavy atom. The zero-order chi connectivity index (χ0) is 23.2. The van der Waals surface area contributed by atoms with Gasteiger partial charge in [-0.1, -0.05) is 62.4 Å². The van der Waals surface area contributed by atoms with Crippen LogP contribution in [0.1, 0.15) is 81.4 Å². The van der Waals surface area contributed by atoms with Crippen molar-refractivity contribution in [1.82, 2.24) is 0 Å². The number of Topliss-reactive ketones (excluding diaryl/α,β-unsaturated/α-hetero) is 2. The van der Waals surface area contributed by atoms with Gasteiger partial charge in [-0.15, -0.1) is 0 Å². The molecular formula is C29H26O3. The van der Waals surface area contributed by atoms with Crippen molar-refractivity contribution in [3.63, 3.8) is 0 Å². The molecule has 0 heterocycles. The van der Waals surface area contributed by atoms with Gasteiger partial charge in [-0.05, 0) is 72.2 Å². The third-order valence-electron chi connectivity index (χ3n) is 6.17. The first-order chi connectivity index (χ1) is 15.2. The van der Waals surface area contributed by atoms with Gasteiger partial charge in [0, 0.05) is 22.3 Å². The van der Waals surface area contributed by atoms with Crippen LogP contribution in [0.3, 0.4) is 0 Å². The summed E-state index contributed by atoms with van der Waals surface area (Å²) in [6, 6.07) is 18.9. The van der Waals surface area contributed by atoms with Crippen LogP contribution in [0, 0.1) is 6.92 Å². The Hall–Kier alpha value is -3.59. The standard InChI is InChI=1S/C29H26O3/c1-16(2)20-12-11-17(3)28-24(19(5)31)15-27(25(28)13-20)29(32)26-14-23(18(4)30)21-9-7-6-8-10-22(21)26/h6-16H,1-5H3. The molecule has 0 bridgehead atoms. The Morgan fingerprint density at radius 1 is 0.656 bits per heavy atom. The van der Waals surface area contributed by atoms with E-state index in [0.717, 1.165) is 33.4 Å². The number of carbonyl (C=O) groups is 3. The molecule has 4 aliphatic carbocycles. The molecule has 3 heteroatoms. The van der Waals surface area contributed by atoms with Crippen molar-refractivity contribution in [3.05, 3.63) is 94.0 Å². The lowest BCUT2D eigenvalue weighted by Crippen LogP contribution is -2.01. The molecule has 0 saturated heterocycles. The van der Waals surface area contributed by atoms with E-state index in [2.05, 4.69) is 19.9 Å². The van der Waals surface area contributed by atoms with E-state index in [1.54, 1.807) is 12.1 Å². The van der Waals surface area contributed by atoms with E-state index in [1.807, 2.05) is 49.4 Å². The molecule has 0 N–H and O–H groups in total. The summed E-state index contributed by atoms with van der Waals surface area (Å²) in [4.78, 5) is 38.7. The van der Waals surface area contributed by atoms with Gasteiger partial charge < -0.3 is 0 Å². The van der Waals surface area contributed by atoms with Crippen molar-refractivity contribution in [2.24, 2.45) is 0 Å². The highest BCUT2D eigenvalue weighted by atomic mass is 16.1. The fraction of sp³-hybridized carbons (Fsp3) is 0.207. The van der Waals surface area contributed by atoms with Gasteiger partial charge in [-0.3, -0.25) is 14.4 Å². The first kappa shape index (κ1) is 21.6. The maximum absolute atomic E-state index is 13.9. The number of hydrogen-bond acceptors (Lipinski definition) is 3. The van der Waals surface area contributed by atoms with Crippen LogP contribution >= 0.6 is 0 Å². The third kappa shape index (κ3) is 3.54. The highest BCUT2D eigenvalue weighted by Gasteiger charge is 2.28. The van der Waals surface area contributed by atoms with Crippen LogP contribution in [-0.4, -0.2) is 17.3 Å². The highest BCUT2D eigenvalue weighted by molar-refractivity contribution is 6.22. The summed E-state index contributed by atoms with van der Waals surface area (Å²) in [5.74, 6) is -0.0581. The van der Waals surface area contributed by atoms with Gasteiger partial charge in [-0.25, -0.2) is 0 Å². The minimum Gasteiger partial charge on any atom is -0.294 e. The van der Waals surface area contributed by atoms with Crippen LogP contribution in [0.25, 0.3) is 22.3 Å². The quantitative estimate of drug-likeness (QED) is 0.327. The molecule has 4 aliphatic rings. The van der Waals surface area contributed by atoms with Crippen LogP contribution in [-0.2, 0) is 0 Å². The second-order valence-corrected chi connectivity index (χ2v) is 8.73. The van der Waals surface area contributed by atoms with Crippen LogP contribution in [0.5, 0.6) is 0 Å². The van der Waals surface area contributed by atoms with E-state index >= 15 is 0 Å². The summed E-state index contributed by atoms with van der Waals surface area (Å²) in [5.41, 5.74) is 7.24. The molecule has 0 atom stereocenters. The number of ketones is 3. The molecular weight excluding hydrogens is 396 g/mol. The maximum Gasteiger partial charge on any atom is 0.194 e. The molecule has 0 radical (unpaired) electrons. The van der Waals surface area contributed by atoms with Gasteiger partial charge in [-0.2, -0.15) is 0 Å². The summed E-state index contributed by atoms with van der Waals surface area (Å²) in [5, 5.41) is 0.